The molecule has 1 N–H and O–H groups in total. The van der Waals surface area contributed by atoms with E-state index in [1.165, 1.54) is 0 Å². The van der Waals surface area contributed by atoms with Crippen molar-refractivity contribution in [1.82, 2.24) is 0 Å². The molecule has 2 unspecified atom stereocenters. The maximum atomic E-state index is 11.5. The number of hydrogen-bond donors (Lipinski definition) is 1. The summed E-state index contributed by atoms with van der Waals surface area (Å²) in [5.41, 5.74) is 0.529. The number of carbonyl (C=O) groups excluding carboxylic acids is 1. The lowest BCUT2D eigenvalue weighted by Crippen LogP contribution is -2.56. The highest BCUT2D eigenvalue weighted by molar-refractivity contribution is 6.42. The molecule has 3 aliphatic rings. The fourth-order valence-electron chi connectivity index (χ4n) is 2.43. The summed E-state index contributed by atoms with van der Waals surface area (Å²) in [5.74, 6) is 0.721. The van der Waals surface area contributed by atoms with Crippen LogP contribution in [-0.4, -0.2) is 16.7 Å². The average Bonchev–Trinajstić information content (AvgIpc) is 2.03. The molecule has 0 aliphatic heterocycles. The number of fused-ring (bicyclic) bond motifs is 2. The quantitative estimate of drug-likeness (QED) is 0.438. The van der Waals surface area contributed by atoms with Gasteiger partial charge in [0.25, 0.3) is 0 Å². The summed E-state index contributed by atoms with van der Waals surface area (Å²) >= 11 is 0. The number of ketones is 1. The monoisotopic (exact) mass is 167 g/mol. The second-order valence-corrected chi connectivity index (χ2v) is 4.42. The zero-order chi connectivity index (χ0) is 8.93. The Kier molecular flexibility index (Phi) is 1.35. The predicted octanol–water partition coefficient (Wildman–Crippen LogP) is 1.45. The van der Waals surface area contributed by atoms with Gasteiger partial charge in [0.05, 0.1) is 0 Å². The standard InChI is InChI=1S/C9H13NO2/c1-9(2)5-3-6(9)8(11)7(4-5)10-12/h5-6,12H,3-4H2,1-2H3/b10-7-. The van der Waals surface area contributed by atoms with Crippen LogP contribution in [0.4, 0.5) is 0 Å². The molecule has 0 heterocycles. The van der Waals surface area contributed by atoms with Crippen molar-refractivity contribution in [3.63, 3.8) is 0 Å². The van der Waals surface area contributed by atoms with Crippen molar-refractivity contribution in [1.29, 1.82) is 0 Å². The zero-order valence-electron chi connectivity index (χ0n) is 7.37. The molecule has 3 heteroatoms. The Labute approximate surface area is 71.5 Å². The number of Topliss-reactive ketones (excluding diaryl/α,β-unsaturated/α-hetero) is 1. The molecule has 0 aromatic rings. The number of carbonyl (C=O) groups is 1. The third-order valence-corrected chi connectivity index (χ3v) is 3.63. The largest absolute Gasteiger partial charge is 0.411 e. The summed E-state index contributed by atoms with van der Waals surface area (Å²) in [6, 6.07) is 0. The molecule has 3 aliphatic carbocycles. The molecule has 0 aromatic carbocycles. The van der Waals surface area contributed by atoms with Gasteiger partial charge in [-0.2, -0.15) is 0 Å². The lowest BCUT2D eigenvalue weighted by atomic mass is 9.48. The van der Waals surface area contributed by atoms with Crippen LogP contribution < -0.4 is 0 Å². The van der Waals surface area contributed by atoms with Crippen molar-refractivity contribution < 1.29 is 10.0 Å². The van der Waals surface area contributed by atoms with E-state index in [1.54, 1.807) is 0 Å². The summed E-state index contributed by atoms with van der Waals surface area (Å²) in [6.45, 7) is 4.25. The van der Waals surface area contributed by atoms with E-state index in [4.69, 9.17) is 5.21 Å². The van der Waals surface area contributed by atoms with Crippen molar-refractivity contribution in [2.75, 3.05) is 0 Å². The van der Waals surface area contributed by atoms with Gasteiger partial charge in [-0.05, 0) is 24.2 Å². The molecular formula is C9H13NO2. The van der Waals surface area contributed by atoms with Crippen molar-refractivity contribution in [3.8, 4) is 0 Å². The Hall–Kier alpha value is -0.860. The Morgan fingerprint density at radius 3 is 2.67 bits per heavy atom. The minimum Gasteiger partial charge on any atom is -0.411 e. The summed E-state index contributed by atoms with van der Waals surface area (Å²) in [4.78, 5) is 11.5. The Bertz CT molecular complexity index is 268. The van der Waals surface area contributed by atoms with Gasteiger partial charge in [-0.1, -0.05) is 19.0 Å². The van der Waals surface area contributed by atoms with Crippen LogP contribution in [-0.2, 0) is 4.79 Å². The fourth-order valence-corrected chi connectivity index (χ4v) is 2.43. The van der Waals surface area contributed by atoms with Gasteiger partial charge in [0.15, 0.2) is 5.78 Å². The van der Waals surface area contributed by atoms with Crippen LogP contribution in [0.5, 0.6) is 0 Å². The summed E-state index contributed by atoms with van der Waals surface area (Å²) in [6.07, 6.45) is 1.66. The van der Waals surface area contributed by atoms with Gasteiger partial charge in [0, 0.05) is 5.92 Å². The molecule has 3 rings (SSSR count). The van der Waals surface area contributed by atoms with E-state index in [2.05, 4.69) is 19.0 Å². The second kappa shape index (κ2) is 2.09. The number of nitrogens with zero attached hydrogens (tertiary/aromatic N) is 1. The van der Waals surface area contributed by atoms with Crippen LogP contribution in [0.25, 0.3) is 0 Å². The molecule has 3 nitrogen and oxygen atoms in total. The first-order valence-corrected chi connectivity index (χ1v) is 4.32. The first kappa shape index (κ1) is 7.77. The molecule has 0 aromatic heterocycles. The van der Waals surface area contributed by atoms with Crippen LogP contribution in [0, 0.1) is 17.3 Å². The summed E-state index contributed by atoms with van der Waals surface area (Å²) < 4.78 is 0. The molecule has 66 valence electrons. The van der Waals surface area contributed by atoms with Gasteiger partial charge in [0.1, 0.15) is 5.71 Å². The molecule has 3 saturated carbocycles. The number of hydrogen-bond acceptors (Lipinski definition) is 3. The van der Waals surface area contributed by atoms with Crippen molar-refractivity contribution in [2.24, 2.45) is 22.4 Å². The Morgan fingerprint density at radius 2 is 2.25 bits per heavy atom. The Morgan fingerprint density at radius 1 is 1.58 bits per heavy atom. The van der Waals surface area contributed by atoms with Crippen LogP contribution in [0.1, 0.15) is 26.7 Å². The molecule has 0 saturated heterocycles. The second-order valence-electron chi connectivity index (χ2n) is 4.42. The van der Waals surface area contributed by atoms with Gasteiger partial charge in [-0.15, -0.1) is 0 Å². The highest BCUT2D eigenvalue weighted by Gasteiger charge is 2.56. The maximum Gasteiger partial charge on any atom is 0.184 e. The van der Waals surface area contributed by atoms with Gasteiger partial charge in [-0.3, -0.25) is 4.79 Å². The van der Waals surface area contributed by atoms with Crippen molar-refractivity contribution in [3.05, 3.63) is 0 Å². The van der Waals surface area contributed by atoms with Crippen LogP contribution in [0.15, 0.2) is 5.16 Å². The maximum absolute atomic E-state index is 11.5. The van der Waals surface area contributed by atoms with Crippen molar-refractivity contribution in [2.45, 2.75) is 26.7 Å². The molecule has 3 fully saturated rings. The molecule has 2 atom stereocenters. The van der Waals surface area contributed by atoms with Crippen molar-refractivity contribution >= 4 is 11.5 Å². The summed E-state index contributed by atoms with van der Waals surface area (Å²) in [5, 5.41) is 11.6. The molecule has 0 radical (unpaired) electrons. The van der Waals surface area contributed by atoms with Gasteiger partial charge in [0.2, 0.25) is 0 Å². The van der Waals surface area contributed by atoms with Gasteiger partial charge in [-0.25, -0.2) is 0 Å². The predicted molar refractivity (Wildman–Crippen MR) is 44.2 cm³/mol. The topological polar surface area (TPSA) is 49.7 Å². The SMILES string of the molecule is CC1(C)C2C/C(=N/O)C(=O)C1C2. The fraction of sp³-hybridized carbons (Fsp3) is 0.778. The smallest absolute Gasteiger partial charge is 0.184 e. The molecule has 0 spiro atoms. The molecular weight excluding hydrogens is 154 g/mol. The Balaban J connectivity index is 2.28. The third kappa shape index (κ3) is 0.713. The highest BCUT2D eigenvalue weighted by atomic mass is 16.4. The van der Waals surface area contributed by atoms with E-state index in [0.717, 1.165) is 6.42 Å². The van der Waals surface area contributed by atoms with E-state index in [0.29, 0.717) is 18.1 Å². The molecule has 0 amide bonds. The minimum atomic E-state index is 0.0602. The lowest BCUT2D eigenvalue weighted by molar-refractivity contribution is -0.135. The summed E-state index contributed by atoms with van der Waals surface area (Å²) in [7, 11) is 0. The van der Waals surface area contributed by atoms with Crippen LogP contribution >= 0.6 is 0 Å². The van der Waals surface area contributed by atoms with E-state index >= 15 is 0 Å². The molecule has 2 bridgehead atoms. The van der Waals surface area contributed by atoms with E-state index in [-0.39, 0.29) is 17.1 Å². The first-order chi connectivity index (χ1) is 5.57. The first-order valence-electron chi connectivity index (χ1n) is 4.32. The normalized spacial score (nSPS) is 41.2. The number of oxime groups is 1. The van der Waals surface area contributed by atoms with Crippen LogP contribution in [0.2, 0.25) is 0 Å². The lowest BCUT2D eigenvalue weighted by Gasteiger charge is -2.55. The third-order valence-electron chi connectivity index (χ3n) is 3.63. The zero-order valence-corrected chi connectivity index (χ0v) is 7.37. The highest BCUT2D eigenvalue weighted by Crippen LogP contribution is 2.56. The average molecular weight is 167 g/mol. The molecule has 12 heavy (non-hydrogen) atoms. The number of rotatable bonds is 0. The van der Waals surface area contributed by atoms with E-state index < -0.39 is 0 Å². The van der Waals surface area contributed by atoms with Gasteiger partial charge >= 0.3 is 0 Å². The van der Waals surface area contributed by atoms with Gasteiger partial charge < -0.3 is 5.21 Å². The minimum absolute atomic E-state index is 0.0602. The van der Waals surface area contributed by atoms with E-state index in [9.17, 15) is 4.79 Å². The van der Waals surface area contributed by atoms with E-state index in [1.807, 2.05) is 0 Å². The van der Waals surface area contributed by atoms with Crippen LogP contribution in [0.3, 0.4) is 0 Å².